The maximum atomic E-state index is 5.73. The highest BCUT2D eigenvalue weighted by Crippen LogP contribution is 2.22. The quantitative estimate of drug-likeness (QED) is 0.800. The van der Waals surface area contributed by atoms with Crippen molar-refractivity contribution < 1.29 is 4.74 Å². The van der Waals surface area contributed by atoms with Crippen LogP contribution in [-0.2, 0) is 4.74 Å². The van der Waals surface area contributed by atoms with Crippen LogP contribution in [0.3, 0.4) is 0 Å². The largest absolute Gasteiger partial charge is 0.380 e. The summed E-state index contributed by atoms with van der Waals surface area (Å²) < 4.78 is 5.73. The van der Waals surface area contributed by atoms with E-state index in [0.29, 0.717) is 18.1 Å². The molecule has 4 heteroatoms. The highest BCUT2D eigenvalue weighted by atomic mass is 16.5. The third-order valence-corrected chi connectivity index (χ3v) is 2.93. The van der Waals surface area contributed by atoms with Crippen LogP contribution in [0.1, 0.15) is 26.7 Å². The molecule has 2 unspecified atom stereocenters. The Balaban J connectivity index is 1.88. The van der Waals surface area contributed by atoms with E-state index in [4.69, 9.17) is 4.74 Å². The Morgan fingerprint density at radius 3 is 3.13 bits per heavy atom. The van der Waals surface area contributed by atoms with Crippen molar-refractivity contribution in [1.29, 1.82) is 0 Å². The number of hydrogen-bond donors (Lipinski definition) is 2. The van der Waals surface area contributed by atoms with E-state index in [1.54, 1.807) is 0 Å². The van der Waals surface area contributed by atoms with Gasteiger partial charge in [-0.2, -0.15) is 5.10 Å². The number of hydrogen-bond acceptors (Lipinski definition) is 3. The van der Waals surface area contributed by atoms with Crippen LogP contribution in [0.25, 0.3) is 0 Å². The summed E-state index contributed by atoms with van der Waals surface area (Å²) in [5, 5.41) is 10.2. The van der Waals surface area contributed by atoms with Gasteiger partial charge in [-0.1, -0.05) is 13.8 Å². The van der Waals surface area contributed by atoms with Gasteiger partial charge in [-0.25, -0.2) is 0 Å². The Labute approximate surface area is 90.4 Å². The lowest BCUT2D eigenvalue weighted by Crippen LogP contribution is -2.36. The number of aromatic amines is 1. The van der Waals surface area contributed by atoms with Gasteiger partial charge in [0.05, 0.1) is 18.0 Å². The summed E-state index contributed by atoms with van der Waals surface area (Å²) in [4.78, 5) is 0. The minimum Gasteiger partial charge on any atom is -0.380 e. The summed E-state index contributed by atoms with van der Waals surface area (Å²) in [6.07, 6.45) is 6.26. The standard InChI is InChI=1S/C11H19N3O/c1-8(2)11-5-9(3-4-15-11)14-10-6-12-13-7-10/h6-9,11,14H,3-5H2,1-2H3,(H,12,13). The van der Waals surface area contributed by atoms with Crippen LogP contribution >= 0.6 is 0 Å². The highest BCUT2D eigenvalue weighted by molar-refractivity contribution is 5.38. The van der Waals surface area contributed by atoms with E-state index < -0.39 is 0 Å². The minimum atomic E-state index is 0.392. The van der Waals surface area contributed by atoms with Crippen LogP contribution in [-0.4, -0.2) is 29.0 Å². The lowest BCUT2D eigenvalue weighted by atomic mass is 9.95. The third kappa shape index (κ3) is 2.72. The molecule has 2 heterocycles. The molecule has 2 N–H and O–H groups in total. The SMILES string of the molecule is CC(C)C1CC(Nc2cn[nH]c2)CCO1. The zero-order chi connectivity index (χ0) is 10.7. The predicted molar refractivity (Wildman–Crippen MR) is 59.8 cm³/mol. The molecule has 0 bridgehead atoms. The molecule has 1 fully saturated rings. The van der Waals surface area contributed by atoms with Crippen molar-refractivity contribution in [3.63, 3.8) is 0 Å². The molecule has 0 aliphatic carbocycles. The van der Waals surface area contributed by atoms with Crippen molar-refractivity contribution in [2.24, 2.45) is 5.92 Å². The Morgan fingerprint density at radius 1 is 1.60 bits per heavy atom. The predicted octanol–water partition coefficient (Wildman–Crippen LogP) is 2.03. The fourth-order valence-corrected chi connectivity index (χ4v) is 1.99. The van der Waals surface area contributed by atoms with Gasteiger partial charge >= 0.3 is 0 Å². The molecule has 15 heavy (non-hydrogen) atoms. The van der Waals surface area contributed by atoms with E-state index in [1.165, 1.54) is 0 Å². The summed E-state index contributed by atoms with van der Waals surface area (Å²) in [7, 11) is 0. The first-order chi connectivity index (χ1) is 7.25. The summed E-state index contributed by atoms with van der Waals surface area (Å²) >= 11 is 0. The maximum absolute atomic E-state index is 5.73. The molecule has 2 atom stereocenters. The smallest absolute Gasteiger partial charge is 0.0725 e. The average Bonchev–Trinajstić information content (AvgIpc) is 2.71. The van der Waals surface area contributed by atoms with Gasteiger partial charge in [-0.05, 0) is 18.8 Å². The molecule has 1 aliphatic rings. The Hall–Kier alpha value is -1.03. The molecule has 0 spiro atoms. The summed E-state index contributed by atoms with van der Waals surface area (Å²) in [6.45, 7) is 5.29. The lowest BCUT2D eigenvalue weighted by molar-refractivity contribution is -0.0160. The third-order valence-electron chi connectivity index (χ3n) is 2.93. The number of ether oxygens (including phenoxy) is 1. The van der Waals surface area contributed by atoms with Crippen LogP contribution < -0.4 is 5.32 Å². The number of rotatable bonds is 3. The van der Waals surface area contributed by atoms with Gasteiger partial charge in [-0.3, -0.25) is 5.10 Å². The Kier molecular flexibility index (Phi) is 3.26. The molecular weight excluding hydrogens is 190 g/mol. The lowest BCUT2D eigenvalue weighted by Gasteiger charge is -2.32. The molecule has 1 saturated heterocycles. The number of H-pyrrole nitrogens is 1. The van der Waals surface area contributed by atoms with E-state index >= 15 is 0 Å². The fraction of sp³-hybridized carbons (Fsp3) is 0.727. The van der Waals surface area contributed by atoms with Crippen molar-refractivity contribution in [3.8, 4) is 0 Å². The molecular formula is C11H19N3O. The van der Waals surface area contributed by atoms with Gasteiger partial charge in [0.2, 0.25) is 0 Å². The highest BCUT2D eigenvalue weighted by Gasteiger charge is 2.24. The first-order valence-corrected chi connectivity index (χ1v) is 5.62. The van der Waals surface area contributed by atoms with E-state index in [2.05, 4.69) is 29.4 Å². The maximum Gasteiger partial charge on any atom is 0.0725 e. The molecule has 0 radical (unpaired) electrons. The van der Waals surface area contributed by atoms with E-state index in [1.807, 2.05) is 12.4 Å². The van der Waals surface area contributed by atoms with Crippen LogP contribution in [0.4, 0.5) is 5.69 Å². The van der Waals surface area contributed by atoms with Crippen LogP contribution in [0.2, 0.25) is 0 Å². The van der Waals surface area contributed by atoms with Gasteiger partial charge in [0.25, 0.3) is 0 Å². The van der Waals surface area contributed by atoms with E-state index in [-0.39, 0.29) is 0 Å². The summed E-state index contributed by atoms with van der Waals surface area (Å²) in [5.41, 5.74) is 1.07. The molecule has 0 saturated carbocycles. The second-order valence-electron chi connectivity index (χ2n) is 4.51. The number of anilines is 1. The van der Waals surface area contributed by atoms with Crippen LogP contribution in [0.15, 0.2) is 12.4 Å². The molecule has 84 valence electrons. The van der Waals surface area contributed by atoms with Gasteiger partial charge in [0.1, 0.15) is 0 Å². The van der Waals surface area contributed by atoms with Gasteiger partial charge in [0, 0.05) is 18.8 Å². The number of nitrogens with zero attached hydrogens (tertiary/aromatic N) is 1. The molecule has 1 aromatic heterocycles. The monoisotopic (exact) mass is 209 g/mol. The molecule has 0 amide bonds. The molecule has 4 nitrogen and oxygen atoms in total. The zero-order valence-electron chi connectivity index (χ0n) is 9.36. The normalized spacial score (nSPS) is 26.9. The molecule has 1 aliphatic heterocycles. The number of nitrogens with one attached hydrogen (secondary N) is 2. The first kappa shape index (κ1) is 10.5. The van der Waals surface area contributed by atoms with Crippen molar-refractivity contribution in [2.45, 2.75) is 38.8 Å². The topological polar surface area (TPSA) is 49.9 Å². The van der Waals surface area contributed by atoms with Gasteiger partial charge in [-0.15, -0.1) is 0 Å². The molecule has 1 aromatic rings. The summed E-state index contributed by atoms with van der Waals surface area (Å²) in [6, 6.07) is 0.517. The van der Waals surface area contributed by atoms with Crippen molar-refractivity contribution in [1.82, 2.24) is 10.2 Å². The number of aromatic nitrogens is 2. The summed E-state index contributed by atoms with van der Waals surface area (Å²) in [5.74, 6) is 0.596. The Morgan fingerprint density at radius 2 is 2.47 bits per heavy atom. The first-order valence-electron chi connectivity index (χ1n) is 5.62. The zero-order valence-corrected chi connectivity index (χ0v) is 9.36. The fourth-order valence-electron chi connectivity index (χ4n) is 1.99. The average molecular weight is 209 g/mol. The molecule has 0 aromatic carbocycles. The van der Waals surface area contributed by atoms with Crippen molar-refractivity contribution >= 4 is 5.69 Å². The van der Waals surface area contributed by atoms with E-state index in [0.717, 1.165) is 25.1 Å². The van der Waals surface area contributed by atoms with Gasteiger partial charge in [0.15, 0.2) is 0 Å². The second kappa shape index (κ2) is 4.66. The Bertz CT molecular complexity index is 284. The second-order valence-corrected chi connectivity index (χ2v) is 4.51. The van der Waals surface area contributed by atoms with Crippen molar-refractivity contribution in [2.75, 3.05) is 11.9 Å². The van der Waals surface area contributed by atoms with E-state index in [9.17, 15) is 0 Å². The van der Waals surface area contributed by atoms with Crippen LogP contribution in [0.5, 0.6) is 0 Å². The van der Waals surface area contributed by atoms with Gasteiger partial charge < -0.3 is 10.1 Å². The minimum absolute atomic E-state index is 0.392. The van der Waals surface area contributed by atoms with Crippen molar-refractivity contribution in [3.05, 3.63) is 12.4 Å². The van der Waals surface area contributed by atoms with Crippen LogP contribution in [0, 0.1) is 5.92 Å². The molecule has 2 rings (SSSR count).